The van der Waals surface area contributed by atoms with E-state index in [0.29, 0.717) is 5.69 Å². The minimum absolute atomic E-state index is 0.00202. The maximum atomic E-state index is 12.5. The predicted molar refractivity (Wildman–Crippen MR) is 116 cm³/mol. The number of methoxy groups -OCH3 is 1. The lowest BCUT2D eigenvalue weighted by Crippen LogP contribution is -2.15. The number of halogens is 1. The minimum atomic E-state index is -3.90. The molecule has 0 aliphatic rings. The molecule has 0 aliphatic carbocycles. The van der Waals surface area contributed by atoms with Crippen LogP contribution in [0.2, 0.25) is 0 Å². The topological polar surface area (TPSA) is 110 Å². The zero-order valence-corrected chi connectivity index (χ0v) is 18.2. The van der Waals surface area contributed by atoms with Crippen LogP contribution in [0.15, 0.2) is 63.5 Å². The molecular formula is C18H15BrN4O4S2. The summed E-state index contributed by atoms with van der Waals surface area (Å²) in [7, 11) is -2.53. The number of sulfonamides is 1. The zero-order chi connectivity index (χ0) is 20.9. The highest BCUT2D eigenvalue weighted by molar-refractivity contribution is 9.11. The first-order valence-electron chi connectivity index (χ1n) is 8.09. The van der Waals surface area contributed by atoms with E-state index in [4.69, 9.17) is 4.74 Å². The van der Waals surface area contributed by atoms with Gasteiger partial charge in [-0.05, 0) is 58.4 Å². The lowest BCUT2D eigenvalue weighted by Gasteiger charge is -2.10. The second kappa shape index (κ2) is 9.16. The van der Waals surface area contributed by atoms with Gasteiger partial charge >= 0.3 is 0 Å². The van der Waals surface area contributed by atoms with E-state index in [1.54, 1.807) is 6.08 Å². The van der Waals surface area contributed by atoms with Gasteiger partial charge < -0.3 is 10.1 Å². The van der Waals surface area contributed by atoms with Gasteiger partial charge in [-0.15, -0.1) is 11.3 Å². The van der Waals surface area contributed by atoms with Gasteiger partial charge in [0.15, 0.2) is 0 Å². The summed E-state index contributed by atoms with van der Waals surface area (Å²) in [5.74, 6) is -0.283. The average molecular weight is 495 g/mol. The van der Waals surface area contributed by atoms with E-state index in [-0.39, 0.29) is 22.5 Å². The van der Waals surface area contributed by atoms with Crippen LogP contribution in [0, 0.1) is 0 Å². The van der Waals surface area contributed by atoms with Crippen LogP contribution >= 0.6 is 27.3 Å². The second-order valence-electron chi connectivity index (χ2n) is 5.51. The highest BCUT2D eigenvalue weighted by Gasteiger charge is 2.18. The Morgan fingerprint density at radius 3 is 2.52 bits per heavy atom. The smallest absolute Gasteiger partial charge is 0.263 e. The Labute approximate surface area is 179 Å². The van der Waals surface area contributed by atoms with Crippen LogP contribution in [0.25, 0.3) is 6.08 Å². The third-order valence-corrected chi connectivity index (χ3v) is 6.46. The summed E-state index contributed by atoms with van der Waals surface area (Å²) in [6.07, 6.45) is 5.84. The predicted octanol–water partition coefficient (Wildman–Crippen LogP) is 3.76. The standard InChI is InChI=1S/C18H15BrN4O4S2/c1-27-18-17(20-10-11-21-18)23-29(25,26)14-6-2-12(3-7-14)22-16(24)9-5-13-4-8-15(19)28-13/h2-11H,1H3,(H,20,23)(H,22,24)/b9-5+. The fourth-order valence-corrected chi connectivity index (χ4v) is 4.54. The van der Waals surface area contributed by atoms with Crippen molar-refractivity contribution >= 4 is 60.8 Å². The summed E-state index contributed by atoms with van der Waals surface area (Å²) in [5, 5.41) is 2.68. The molecule has 11 heteroatoms. The number of aromatic nitrogens is 2. The molecule has 0 fully saturated rings. The van der Waals surface area contributed by atoms with E-state index in [0.717, 1.165) is 8.66 Å². The minimum Gasteiger partial charge on any atom is -0.478 e. The lowest BCUT2D eigenvalue weighted by atomic mass is 10.3. The molecule has 1 aromatic carbocycles. The number of benzene rings is 1. The molecular weight excluding hydrogens is 480 g/mol. The molecule has 0 radical (unpaired) electrons. The summed E-state index contributed by atoms with van der Waals surface area (Å²) >= 11 is 4.86. The SMILES string of the molecule is COc1nccnc1NS(=O)(=O)c1ccc(NC(=O)/C=C/c2ccc(Br)s2)cc1. The van der Waals surface area contributed by atoms with Crippen molar-refractivity contribution in [3.63, 3.8) is 0 Å². The van der Waals surface area contributed by atoms with Crippen molar-refractivity contribution in [2.45, 2.75) is 4.90 Å². The van der Waals surface area contributed by atoms with Gasteiger partial charge in [-0.3, -0.25) is 9.52 Å². The molecule has 2 N–H and O–H groups in total. The van der Waals surface area contributed by atoms with Crippen molar-refractivity contribution in [2.75, 3.05) is 17.1 Å². The highest BCUT2D eigenvalue weighted by atomic mass is 79.9. The Balaban J connectivity index is 1.67. The fourth-order valence-electron chi connectivity index (χ4n) is 2.21. The van der Waals surface area contributed by atoms with Gasteiger partial charge in [0.2, 0.25) is 11.7 Å². The van der Waals surface area contributed by atoms with Gasteiger partial charge in [0.1, 0.15) is 0 Å². The Morgan fingerprint density at radius 1 is 1.14 bits per heavy atom. The number of thiophene rings is 1. The molecule has 0 spiro atoms. The van der Waals surface area contributed by atoms with Crippen molar-refractivity contribution in [1.82, 2.24) is 9.97 Å². The second-order valence-corrected chi connectivity index (χ2v) is 9.69. The molecule has 2 heterocycles. The molecule has 0 aliphatic heterocycles. The Morgan fingerprint density at radius 2 is 1.86 bits per heavy atom. The van der Waals surface area contributed by atoms with E-state index in [2.05, 4.69) is 35.9 Å². The van der Waals surface area contributed by atoms with Crippen LogP contribution in [-0.4, -0.2) is 31.4 Å². The van der Waals surface area contributed by atoms with E-state index in [9.17, 15) is 13.2 Å². The van der Waals surface area contributed by atoms with Gasteiger partial charge in [0.25, 0.3) is 15.9 Å². The Hall–Kier alpha value is -2.76. The highest BCUT2D eigenvalue weighted by Crippen LogP contribution is 2.24. The first-order valence-corrected chi connectivity index (χ1v) is 11.2. The van der Waals surface area contributed by atoms with E-state index in [1.807, 2.05) is 12.1 Å². The number of carbonyl (C=O) groups excluding carboxylic acids is 1. The van der Waals surface area contributed by atoms with E-state index in [1.165, 1.54) is 61.2 Å². The van der Waals surface area contributed by atoms with Gasteiger partial charge in [-0.2, -0.15) is 0 Å². The van der Waals surface area contributed by atoms with Crippen molar-refractivity contribution in [3.8, 4) is 5.88 Å². The third-order valence-electron chi connectivity index (χ3n) is 3.51. The number of nitrogens with zero attached hydrogens (tertiary/aromatic N) is 2. The first kappa shape index (κ1) is 21.0. The number of amides is 1. The fraction of sp³-hybridized carbons (Fsp3) is 0.0556. The van der Waals surface area contributed by atoms with Gasteiger partial charge in [0.05, 0.1) is 15.8 Å². The quantitative estimate of drug-likeness (QED) is 0.483. The third kappa shape index (κ3) is 5.62. The van der Waals surface area contributed by atoms with E-state index < -0.39 is 10.0 Å². The van der Waals surface area contributed by atoms with Gasteiger partial charge in [-0.1, -0.05) is 0 Å². The Bertz CT molecular complexity index is 1140. The molecule has 0 saturated carbocycles. The molecule has 0 saturated heterocycles. The van der Waals surface area contributed by atoms with Crippen molar-refractivity contribution in [2.24, 2.45) is 0 Å². The molecule has 29 heavy (non-hydrogen) atoms. The van der Waals surface area contributed by atoms with Gasteiger partial charge in [0, 0.05) is 29.0 Å². The number of rotatable bonds is 7. The molecule has 3 aromatic rings. The summed E-state index contributed by atoms with van der Waals surface area (Å²) in [4.78, 5) is 20.8. The van der Waals surface area contributed by atoms with Crippen LogP contribution in [0.4, 0.5) is 11.5 Å². The molecule has 3 rings (SSSR count). The summed E-state index contributed by atoms with van der Waals surface area (Å²) < 4.78 is 33.3. The summed E-state index contributed by atoms with van der Waals surface area (Å²) in [5.41, 5.74) is 0.461. The molecule has 8 nitrogen and oxygen atoms in total. The maximum Gasteiger partial charge on any atom is 0.263 e. The average Bonchev–Trinajstić information content (AvgIpc) is 3.12. The molecule has 1 amide bonds. The normalized spacial score (nSPS) is 11.4. The number of hydrogen-bond donors (Lipinski definition) is 2. The summed E-state index contributed by atoms with van der Waals surface area (Å²) in [6, 6.07) is 9.52. The van der Waals surface area contributed by atoms with Crippen LogP contribution in [0.3, 0.4) is 0 Å². The largest absolute Gasteiger partial charge is 0.478 e. The lowest BCUT2D eigenvalue weighted by molar-refractivity contribution is -0.111. The maximum absolute atomic E-state index is 12.5. The number of carbonyl (C=O) groups is 1. The van der Waals surface area contributed by atoms with Crippen LogP contribution in [-0.2, 0) is 14.8 Å². The van der Waals surface area contributed by atoms with Crippen LogP contribution in [0.5, 0.6) is 5.88 Å². The molecule has 0 atom stereocenters. The number of hydrogen-bond acceptors (Lipinski definition) is 7. The van der Waals surface area contributed by atoms with Gasteiger partial charge in [-0.25, -0.2) is 18.4 Å². The van der Waals surface area contributed by atoms with Crippen molar-refractivity contribution < 1.29 is 17.9 Å². The van der Waals surface area contributed by atoms with Crippen molar-refractivity contribution in [3.05, 3.63) is 63.5 Å². The molecule has 150 valence electrons. The first-order chi connectivity index (χ1) is 13.9. The monoisotopic (exact) mass is 494 g/mol. The van der Waals surface area contributed by atoms with Crippen LogP contribution < -0.4 is 14.8 Å². The van der Waals surface area contributed by atoms with E-state index >= 15 is 0 Å². The molecule has 2 aromatic heterocycles. The van der Waals surface area contributed by atoms with Crippen LogP contribution in [0.1, 0.15) is 4.88 Å². The number of nitrogens with one attached hydrogen (secondary N) is 2. The Kier molecular flexibility index (Phi) is 6.62. The number of ether oxygens (including phenoxy) is 1. The van der Waals surface area contributed by atoms with Crippen molar-refractivity contribution in [1.29, 1.82) is 0 Å². The zero-order valence-electron chi connectivity index (χ0n) is 15.0. The number of anilines is 2. The summed E-state index contributed by atoms with van der Waals surface area (Å²) in [6.45, 7) is 0. The molecule has 0 bridgehead atoms. The molecule has 0 unspecified atom stereocenters.